The Morgan fingerprint density at radius 2 is 1.94 bits per heavy atom. The van der Waals surface area contributed by atoms with Gasteiger partial charge in [-0.1, -0.05) is 17.7 Å². The topological polar surface area (TPSA) is 71.2 Å². The summed E-state index contributed by atoms with van der Waals surface area (Å²) in [6, 6.07) is 9.06. The number of hydrogen-bond donors (Lipinski definition) is 1. The van der Waals surface area contributed by atoms with Gasteiger partial charge in [-0.2, -0.15) is 13.2 Å². The minimum Gasteiger partial charge on any atom is -0.492 e. The molecule has 2 heterocycles. The van der Waals surface area contributed by atoms with Gasteiger partial charge in [0.1, 0.15) is 18.2 Å². The number of carbonyl (C=O) groups excluding carboxylic acids is 1. The van der Waals surface area contributed by atoms with E-state index in [0.717, 1.165) is 0 Å². The molecule has 11 heteroatoms. The number of carbonyl (C=O) groups is 1. The first-order valence-electron chi connectivity index (χ1n) is 10.6. The second kappa shape index (κ2) is 9.07. The number of ether oxygens (including phenoxy) is 1. The number of benzene rings is 2. The molecular formula is C23H23ClF4N4O2. The highest BCUT2D eigenvalue weighted by Gasteiger charge is 2.49. The third kappa shape index (κ3) is 4.83. The monoisotopic (exact) mass is 498 g/mol. The van der Waals surface area contributed by atoms with E-state index in [1.165, 1.54) is 29.0 Å². The molecule has 2 aromatic carbocycles. The van der Waals surface area contributed by atoms with Crippen molar-refractivity contribution in [2.75, 3.05) is 33.3 Å². The Morgan fingerprint density at radius 1 is 1.18 bits per heavy atom. The fourth-order valence-electron chi connectivity index (χ4n) is 4.42. The van der Waals surface area contributed by atoms with Crippen LogP contribution in [0.1, 0.15) is 18.4 Å². The number of likely N-dealkylation sites (N-methyl/N-ethyl adjacent to an activating group) is 1. The minimum absolute atomic E-state index is 0.000592. The van der Waals surface area contributed by atoms with Gasteiger partial charge < -0.3 is 10.5 Å². The zero-order chi connectivity index (χ0) is 24.7. The van der Waals surface area contributed by atoms with Gasteiger partial charge in [-0.15, -0.1) is 0 Å². The van der Waals surface area contributed by atoms with Crippen molar-refractivity contribution in [1.29, 1.82) is 0 Å². The number of guanidine groups is 1. The second-order valence-electron chi connectivity index (χ2n) is 8.41. The van der Waals surface area contributed by atoms with Crippen molar-refractivity contribution >= 4 is 23.5 Å². The van der Waals surface area contributed by atoms with Gasteiger partial charge in [0.15, 0.2) is 11.5 Å². The molecule has 1 amide bonds. The van der Waals surface area contributed by atoms with Crippen LogP contribution in [0.4, 0.5) is 17.6 Å². The molecule has 4 rings (SSSR count). The summed E-state index contributed by atoms with van der Waals surface area (Å²) in [6.07, 6.45) is -3.97. The molecule has 0 aliphatic carbocycles. The Bertz CT molecular complexity index is 1120. The summed E-state index contributed by atoms with van der Waals surface area (Å²) in [6.45, 7) is -0.930. The van der Waals surface area contributed by atoms with Crippen molar-refractivity contribution in [1.82, 2.24) is 9.80 Å². The fourth-order valence-corrected chi connectivity index (χ4v) is 4.64. The molecule has 2 N–H and O–H groups in total. The number of fused-ring (bicyclic) bond motifs is 2. The lowest BCUT2D eigenvalue weighted by Gasteiger charge is -2.31. The zero-order valence-corrected chi connectivity index (χ0v) is 19.1. The van der Waals surface area contributed by atoms with E-state index in [-0.39, 0.29) is 43.5 Å². The number of halogens is 5. The first-order chi connectivity index (χ1) is 16.0. The van der Waals surface area contributed by atoms with Gasteiger partial charge in [-0.25, -0.2) is 9.38 Å². The standard InChI is InChI=1S/C23H23ClF4N4O2/c1-31-20(33)22(30-21(31)29)5-2-6-32(13-23(26,27)28)7-8-34-19-4-3-14(11-18(19)22)15-9-16(24)12-17(25)10-15/h3-4,9-12H,2,5-8,13H2,1H3,(H2,29,30). The Morgan fingerprint density at radius 3 is 2.59 bits per heavy atom. The van der Waals surface area contributed by atoms with Crippen LogP contribution in [-0.2, 0) is 10.3 Å². The van der Waals surface area contributed by atoms with Gasteiger partial charge in [0.05, 0.1) is 6.54 Å². The van der Waals surface area contributed by atoms with Crippen molar-refractivity contribution in [3.05, 3.63) is 52.8 Å². The average Bonchev–Trinajstić information content (AvgIpc) is 2.96. The van der Waals surface area contributed by atoms with Crippen LogP contribution in [0.2, 0.25) is 5.02 Å². The van der Waals surface area contributed by atoms with E-state index in [4.69, 9.17) is 22.1 Å². The number of rotatable bonds is 2. The molecule has 6 nitrogen and oxygen atoms in total. The van der Waals surface area contributed by atoms with Crippen LogP contribution in [0.15, 0.2) is 41.4 Å². The first kappa shape index (κ1) is 24.3. The second-order valence-corrected chi connectivity index (χ2v) is 8.84. The van der Waals surface area contributed by atoms with E-state index >= 15 is 0 Å². The molecule has 2 aliphatic rings. The predicted molar refractivity (Wildman–Crippen MR) is 120 cm³/mol. The third-order valence-corrected chi connectivity index (χ3v) is 6.23. The van der Waals surface area contributed by atoms with Crippen molar-refractivity contribution in [2.24, 2.45) is 10.7 Å². The Kier molecular flexibility index (Phi) is 6.48. The summed E-state index contributed by atoms with van der Waals surface area (Å²) >= 11 is 6.02. The van der Waals surface area contributed by atoms with Crippen molar-refractivity contribution < 1.29 is 27.1 Å². The van der Waals surface area contributed by atoms with Crippen LogP contribution in [-0.4, -0.2) is 61.1 Å². The number of amides is 1. The molecule has 34 heavy (non-hydrogen) atoms. The number of hydrogen-bond acceptors (Lipinski definition) is 5. The Labute approximate surface area is 198 Å². The molecule has 1 spiro atoms. The highest BCUT2D eigenvalue weighted by molar-refractivity contribution is 6.30. The lowest BCUT2D eigenvalue weighted by molar-refractivity contribution is -0.147. The fraction of sp³-hybridized carbons (Fsp3) is 0.391. The molecule has 2 aromatic rings. The number of alkyl halides is 3. The molecule has 0 bridgehead atoms. The van der Waals surface area contributed by atoms with E-state index in [1.807, 2.05) is 0 Å². The third-order valence-electron chi connectivity index (χ3n) is 6.01. The van der Waals surface area contributed by atoms with Crippen LogP contribution in [0, 0.1) is 5.82 Å². The molecule has 1 atom stereocenters. The molecule has 0 fully saturated rings. The highest BCUT2D eigenvalue weighted by Crippen LogP contribution is 2.44. The Hall–Kier alpha value is -2.85. The van der Waals surface area contributed by atoms with E-state index in [0.29, 0.717) is 22.4 Å². The predicted octanol–water partition coefficient (Wildman–Crippen LogP) is 4.17. The maximum atomic E-state index is 14.0. The van der Waals surface area contributed by atoms with Crippen molar-refractivity contribution in [3.63, 3.8) is 0 Å². The summed E-state index contributed by atoms with van der Waals surface area (Å²) in [5, 5.41) is 0.213. The molecule has 182 valence electrons. The van der Waals surface area contributed by atoms with Crippen LogP contribution in [0.5, 0.6) is 5.75 Å². The average molecular weight is 499 g/mol. The quantitative estimate of drug-likeness (QED) is 0.631. The molecule has 0 saturated heterocycles. The van der Waals surface area contributed by atoms with Gasteiger partial charge in [0, 0.05) is 24.2 Å². The van der Waals surface area contributed by atoms with Crippen LogP contribution < -0.4 is 10.5 Å². The summed E-state index contributed by atoms with van der Waals surface area (Å²) in [4.78, 5) is 20.3. The number of nitrogens with two attached hydrogens (primary N) is 1. The molecule has 2 aliphatic heterocycles. The molecule has 0 radical (unpaired) electrons. The van der Waals surface area contributed by atoms with Gasteiger partial charge in [0.2, 0.25) is 0 Å². The van der Waals surface area contributed by atoms with Crippen LogP contribution >= 0.6 is 11.6 Å². The van der Waals surface area contributed by atoms with Crippen molar-refractivity contribution in [2.45, 2.75) is 24.6 Å². The van der Waals surface area contributed by atoms with Crippen LogP contribution in [0.3, 0.4) is 0 Å². The zero-order valence-electron chi connectivity index (χ0n) is 18.3. The summed E-state index contributed by atoms with van der Waals surface area (Å²) in [7, 11) is 1.49. The Balaban J connectivity index is 1.80. The molecule has 0 saturated carbocycles. The smallest absolute Gasteiger partial charge is 0.401 e. The van der Waals surface area contributed by atoms with Gasteiger partial charge >= 0.3 is 6.18 Å². The lowest BCUT2D eigenvalue weighted by atomic mass is 9.83. The lowest BCUT2D eigenvalue weighted by Crippen LogP contribution is -2.43. The first-order valence-corrected chi connectivity index (χ1v) is 11.0. The van der Waals surface area contributed by atoms with E-state index in [9.17, 15) is 22.4 Å². The van der Waals surface area contributed by atoms with E-state index in [2.05, 4.69) is 4.99 Å². The summed E-state index contributed by atoms with van der Waals surface area (Å²) < 4.78 is 58.8. The molecule has 0 aromatic heterocycles. The summed E-state index contributed by atoms with van der Waals surface area (Å²) in [5.41, 5.74) is 6.00. The molecular weight excluding hydrogens is 476 g/mol. The largest absolute Gasteiger partial charge is 0.492 e. The van der Waals surface area contributed by atoms with Crippen LogP contribution in [0.25, 0.3) is 11.1 Å². The SMILES string of the molecule is CN1C(=O)C2(CCCN(CC(F)(F)F)CCOc3ccc(-c4cc(F)cc(Cl)c4)cc32)N=C1N. The van der Waals surface area contributed by atoms with E-state index in [1.54, 1.807) is 24.3 Å². The minimum atomic E-state index is -4.35. The van der Waals surface area contributed by atoms with Gasteiger partial charge in [-0.05, 0) is 60.8 Å². The van der Waals surface area contributed by atoms with E-state index < -0.39 is 30.0 Å². The number of nitrogens with zero attached hydrogens (tertiary/aromatic N) is 3. The number of aliphatic imine (C=N–C) groups is 1. The van der Waals surface area contributed by atoms with Gasteiger partial charge in [-0.3, -0.25) is 14.6 Å². The summed E-state index contributed by atoms with van der Waals surface area (Å²) in [5.74, 6) is -0.621. The van der Waals surface area contributed by atoms with Crippen molar-refractivity contribution in [3.8, 4) is 16.9 Å². The highest BCUT2D eigenvalue weighted by atomic mass is 35.5. The maximum absolute atomic E-state index is 14.0. The maximum Gasteiger partial charge on any atom is 0.401 e. The molecule has 1 unspecified atom stereocenters. The van der Waals surface area contributed by atoms with Gasteiger partial charge in [0.25, 0.3) is 5.91 Å². The normalized spacial score (nSPS) is 21.9.